The number of nitrogens with zero attached hydrogens (tertiary/aromatic N) is 8. The van der Waals surface area contributed by atoms with Crippen molar-refractivity contribution in [1.29, 1.82) is 0 Å². The molecule has 0 amide bonds. The van der Waals surface area contributed by atoms with Crippen molar-refractivity contribution in [3.8, 4) is 5.95 Å². The second-order valence-electron chi connectivity index (χ2n) is 4.03. The molecule has 3 aromatic rings. The van der Waals surface area contributed by atoms with E-state index in [1.807, 2.05) is 13.2 Å². The van der Waals surface area contributed by atoms with Gasteiger partial charge in [0, 0.05) is 25.4 Å². The van der Waals surface area contributed by atoms with Gasteiger partial charge in [0.1, 0.15) is 12.7 Å². The van der Waals surface area contributed by atoms with Crippen LogP contribution >= 0.6 is 0 Å². The van der Waals surface area contributed by atoms with Gasteiger partial charge in [-0.05, 0) is 0 Å². The largest absolute Gasteiger partial charge is 0.368 e. The maximum absolute atomic E-state index is 5.66. The summed E-state index contributed by atoms with van der Waals surface area (Å²) in [6, 6.07) is 0. The SMILES string of the molecule is Cn1cc(CNc2nc(N)nc(-n3cncn3)n2)cn1. The topological polar surface area (TPSA) is 125 Å². The summed E-state index contributed by atoms with van der Waals surface area (Å²) >= 11 is 0. The lowest BCUT2D eigenvalue weighted by Gasteiger charge is -2.05. The van der Waals surface area contributed by atoms with Gasteiger partial charge in [-0.2, -0.15) is 29.8 Å². The molecule has 0 saturated heterocycles. The maximum atomic E-state index is 5.66. The highest BCUT2D eigenvalue weighted by molar-refractivity contribution is 5.35. The van der Waals surface area contributed by atoms with Crippen LogP contribution in [0.4, 0.5) is 11.9 Å². The first kappa shape index (κ1) is 12.0. The fourth-order valence-electron chi connectivity index (χ4n) is 1.62. The van der Waals surface area contributed by atoms with E-state index in [0.717, 1.165) is 5.56 Å². The second-order valence-corrected chi connectivity index (χ2v) is 4.03. The van der Waals surface area contributed by atoms with Crippen molar-refractivity contribution in [2.24, 2.45) is 7.05 Å². The summed E-state index contributed by atoms with van der Waals surface area (Å²) in [4.78, 5) is 16.1. The summed E-state index contributed by atoms with van der Waals surface area (Å²) in [5.41, 5.74) is 6.67. The number of nitrogen functional groups attached to an aromatic ring is 1. The third-order valence-electron chi connectivity index (χ3n) is 2.47. The second kappa shape index (κ2) is 4.91. The van der Waals surface area contributed by atoms with Gasteiger partial charge >= 0.3 is 0 Å². The van der Waals surface area contributed by atoms with Gasteiger partial charge in [0.15, 0.2) is 0 Å². The van der Waals surface area contributed by atoms with Crippen molar-refractivity contribution in [2.75, 3.05) is 11.1 Å². The minimum atomic E-state index is 0.110. The average molecular weight is 272 g/mol. The molecule has 3 rings (SSSR count). The van der Waals surface area contributed by atoms with Gasteiger partial charge in [-0.25, -0.2) is 4.98 Å². The van der Waals surface area contributed by atoms with E-state index in [-0.39, 0.29) is 5.95 Å². The fourth-order valence-corrected chi connectivity index (χ4v) is 1.62. The van der Waals surface area contributed by atoms with Crippen LogP contribution in [0.1, 0.15) is 5.56 Å². The molecule has 20 heavy (non-hydrogen) atoms. The normalized spacial score (nSPS) is 10.7. The highest BCUT2D eigenvalue weighted by Crippen LogP contribution is 2.07. The molecule has 0 atom stereocenters. The molecule has 0 bridgehead atoms. The zero-order valence-electron chi connectivity index (χ0n) is 10.7. The molecule has 10 nitrogen and oxygen atoms in total. The first-order chi connectivity index (χ1) is 9.70. The van der Waals surface area contributed by atoms with Crippen LogP contribution in [0.15, 0.2) is 25.0 Å². The fraction of sp³-hybridized carbons (Fsp3) is 0.200. The van der Waals surface area contributed by atoms with Gasteiger partial charge in [0.05, 0.1) is 6.20 Å². The molecule has 0 unspecified atom stereocenters. The molecule has 0 aromatic carbocycles. The number of anilines is 2. The monoisotopic (exact) mass is 272 g/mol. The minimum Gasteiger partial charge on any atom is -0.368 e. The van der Waals surface area contributed by atoms with E-state index in [1.165, 1.54) is 17.3 Å². The van der Waals surface area contributed by atoms with Crippen LogP contribution < -0.4 is 11.1 Å². The molecule has 0 aliphatic heterocycles. The molecule has 102 valence electrons. The lowest BCUT2D eigenvalue weighted by Crippen LogP contribution is -2.11. The van der Waals surface area contributed by atoms with E-state index in [4.69, 9.17) is 5.73 Å². The molecule has 3 heterocycles. The Morgan fingerprint density at radius 2 is 2.15 bits per heavy atom. The highest BCUT2D eigenvalue weighted by atomic mass is 15.4. The molecule has 0 aliphatic carbocycles. The third kappa shape index (κ3) is 2.53. The number of hydrogen-bond acceptors (Lipinski definition) is 8. The average Bonchev–Trinajstić information content (AvgIpc) is 3.07. The first-order valence-electron chi connectivity index (χ1n) is 5.78. The number of nitrogens with two attached hydrogens (primary N) is 1. The quantitative estimate of drug-likeness (QED) is 0.643. The number of rotatable bonds is 4. The summed E-state index contributed by atoms with van der Waals surface area (Å²) in [6.07, 6.45) is 6.54. The van der Waals surface area contributed by atoms with Gasteiger partial charge in [0.2, 0.25) is 11.9 Å². The van der Waals surface area contributed by atoms with E-state index >= 15 is 0 Å². The van der Waals surface area contributed by atoms with Gasteiger partial charge in [-0.1, -0.05) is 0 Å². The summed E-state index contributed by atoms with van der Waals surface area (Å²) < 4.78 is 3.13. The smallest absolute Gasteiger partial charge is 0.258 e. The van der Waals surface area contributed by atoms with Crippen LogP contribution in [0.3, 0.4) is 0 Å². The van der Waals surface area contributed by atoms with E-state index in [1.54, 1.807) is 10.9 Å². The van der Waals surface area contributed by atoms with Gasteiger partial charge in [-0.3, -0.25) is 4.68 Å². The molecule has 0 aliphatic rings. The van der Waals surface area contributed by atoms with Crippen LogP contribution in [0, 0.1) is 0 Å². The van der Waals surface area contributed by atoms with E-state index in [2.05, 4.69) is 35.5 Å². The van der Waals surface area contributed by atoms with Crippen LogP contribution in [0.5, 0.6) is 0 Å². The Labute approximate surface area is 113 Å². The Morgan fingerprint density at radius 3 is 2.85 bits per heavy atom. The molecule has 3 aromatic heterocycles. The van der Waals surface area contributed by atoms with E-state index in [9.17, 15) is 0 Å². The summed E-state index contributed by atoms with van der Waals surface area (Å²) in [6.45, 7) is 0.536. The lowest BCUT2D eigenvalue weighted by molar-refractivity contribution is 0.767. The van der Waals surface area contributed by atoms with Crippen LogP contribution in [0.25, 0.3) is 5.95 Å². The zero-order chi connectivity index (χ0) is 13.9. The Kier molecular flexibility index (Phi) is 2.95. The highest BCUT2D eigenvalue weighted by Gasteiger charge is 2.07. The van der Waals surface area contributed by atoms with Crippen LogP contribution in [-0.2, 0) is 13.6 Å². The number of aromatic nitrogens is 8. The van der Waals surface area contributed by atoms with Crippen LogP contribution in [-0.4, -0.2) is 39.5 Å². The predicted octanol–water partition coefficient (Wildman–Crippen LogP) is -0.620. The van der Waals surface area contributed by atoms with Crippen molar-refractivity contribution in [3.05, 3.63) is 30.6 Å². The van der Waals surface area contributed by atoms with Gasteiger partial charge in [0.25, 0.3) is 5.95 Å². The summed E-state index contributed by atoms with van der Waals surface area (Å²) in [7, 11) is 1.85. The molecule has 0 spiro atoms. The van der Waals surface area contributed by atoms with Crippen molar-refractivity contribution in [3.63, 3.8) is 0 Å². The number of hydrogen-bond donors (Lipinski definition) is 2. The molecular formula is C10H12N10. The molecule has 3 N–H and O–H groups in total. The number of nitrogens with one attached hydrogen (secondary N) is 1. The molecule has 10 heteroatoms. The summed E-state index contributed by atoms with van der Waals surface area (Å²) in [5.74, 6) is 0.787. The Bertz CT molecular complexity index is 701. The third-order valence-corrected chi connectivity index (χ3v) is 2.47. The molecule has 0 fully saturated rings. The van der Waals surface area contributed by atoms with Gasteiger partial charge in [-0.15, -0.1) is 0 Å². The number of aryl methyl sites for hydroxylation is 1. The summed E-state index contributed by atoms with van der Waals surface area (Å²) in [5, 5.41) is 11.1. The lowest BCUT2D eigenvalue weighted by atomic mass is 10.4. The Hall–Kier alpha value is -3.04. The van der Waals surface area contributed by atoms with Crippen molar-refractivity contribution < 1.29 is 0 Å². The molecule has 0 saturated carbocycles. The first-order valence-corrected chi connectivity index (χ1v) is 5.78. The zero-order valence-corrected chi connectivity index (χ0v) is 10.7. The van der Waals surface area contributed by atoms with Gasteiger partial charge < -0.3 is 11.1 Å². The van der Waals surface area contributed by atoms with Crippen LogP contribution in [0.2, 0.25) is 0 Å². The van der Waals surface area contributed by atoms with Crippen molar-refractivity contribution in [2.45, 2.75) is 6.54 Å². The standard InChI is InChI=1S/C10H12N10/c1-19-4-7(3-14-19)2-13-9-16-8(11)17-10(18-9)20-6-12-5-15-20/h3-6H,2H2,1H3,(H3,11,13,16,17,18). The molecule has 0 radical (unpaired) electrons. The minimum absolute atomic E-state index is 0.110. The predicted molar refractivity (Wildman–Crippen MR) is 69.7 cm³/mol. The van der Waals surface area contributed by atoms with E-state index < -0.39 is 0 Å². The van der Waals surface area contributed by atoms with Crippen molar-refractivity contribution in [1.82, 2.24) is 39.5 Å². The molecular weight excluding hydrogens is 260 g/mol. The maximum Gasteiger partial charge on any atom is 0.258 e. The van der Waals surface area contributed by atoms with Crippen molar-refractivity contribution >= 4 is 11.9 Å². The Balaban J connectivity index is 1.79. The van der Waals surface area contributed by atoms with E-state index in [0.29, 0.717) is 18.4 Å². The Morgan fingerprint density at radius 1 is 1.25 bits per heavy atom.